The summed E-state index contributed by atoms with van der Waals surface area (Å²) in [6.45, 7) is 7.11. The number of hydrogen-bond acceptors (Lipinski definition) is 4. The van der Waals surface area contributed by atoms with Crippen molar-refractivity contribution in [2.45, 2.75) is 84.3 Å². The monoisotopic (exact) mass is 389 g/mol. The molecule has 0 bridgehead atoms. The van der Waals surface area contributed by atoms with Gasteiger partial charge in [0, 0.05) is 31.1 Å². The third-order valence-corrected chi connectivity index (χ3v) is 6.92. The van der Waals surface area contributed by atoms with Crippen LogP contribution in [0.15, 0.2) is 17.2 Å². The molecule has 1 aliphatic carbocycles. The van der Waals surface area contributed by atoms with Crippen LogP contribution in [0.25, 0.3) is 0 Å². The highest BCUT2D eigenvalue weighted by molar-refractivity contribution is 5.76. The molecule has 1 unspecified atom stereocenters. The number of aromatic nitrogens is 2. The van der Waals surface area contributed by atoms with E-state index < -0.39 is 11.0 Å². The number of hydrogen-bond donors (Lipinski definition) is 1. The summed E-state index contributed by atoms with van der Waals surface area (Å²) in [5.41, 5.74) is -0.996. The van der Waals surface area contributed by atoms with Crippen molar-refractivity contribution in [3.8, 4) is 0 Å². The minimum absolute atomic E-state index is 0.206. The second kappa shape index (κ2) is 8.36. The molecule has 1 amide bonds. The van der Waals surface area contributed by atoms with Crippen LogP contribution in [0.1, 0.15) is 70.9 Å². The Bertz CT molecular complexity index is 752. The standard InChI is InChI=1S/C22H35N3O3/c1-17-14-25(20(27)13-23-17)16-22(28)11-12-24(15-21(22,2)3)19(26)10-9-18-7-5-4-6-8-18/h13-14,18,28H,4-12,15-16H2,1-3H3. The van der Waals surface area contributed by atoms with Gasteiger partial charge < -0.3 is 14.6 Å². The van der Waals surface area contributed by atoms with Gasteiger partial charge in [0.25, 0.3) is 5.56 Å². The molecule has 2 heterocycles. The van der Waals surface area contributed by atoms with Crippen LogP contribution >= 0.6 is 0 Å². The summed E-state index contributed by atoms with van der Waals surface area (Å²) in [5, 5.41) is 11.4. The van der Waals surface area contributed by atoms with E-state index in [4.69, 9.17) is 0 Å². The molecule has 0 radical (unpaired) electrons. The number of carbonyl (C=O) groups is 1. The number of aliphatic hydroxyl groups is 1. The Morgan fingerprint density at radius 2 is 2.00 bits per heavy atom. The van der Waals surface area contributed by atoms with Gasteiger partial charge in [0.2, 0.25) is 5.91 Å². The molecule has 0 aromatic carbocycles. The molecule has 1 saturated carbocycles. The van der Waals surface area contributed by atoms with E-state index in [1.165, 1.54) is 38.3 Å². The molecule has 1 aromatic rings. The van der Waals surface area contributed by atoms with E-state index in [9.17, 15) is 14.7 Å². The van der Waals surface area contributed by atoms with E-state index in [1.807, 2.05) is 25.7 Å². The Balaban J connectivity index is 1.61. The molecule has 0 spiro atoms. The molecule has 3 rings (SSSR count). The van der Waals surface area contributed by atoms with Crippen LogP contribution in [0.2, 0.25) is 0 Å². The van der Waals surface area contributed by atoms with Gasteiger partial charge in [-0.3, -0.25) is 14.6 Å². The van der Waals surface area contributed by atoms with E-state index in [1.54, 1.807) is 10.8 Å². The van der Waals surface area contributed by atoms with Crippen molar-refractivity contribution in [3.63, 3.8) is 0 Å². The summed E-state index contributed by atoms with van der Waals surface area (Å²) in [6.07, 6.45) is 11.5. The maximum absolute atomic E-state index is 12.8. The van der Waals surface area contributed by atoms with Gasteiger partial charge in [0.05, 0.1) is 24.0 Å². The summed E-state index contributed by atoms with van der Waals surface area (Å²) < 4.78 is 1.55. The molecular weight excluding hydrogens is 354 g/mol. The Morgan fingerprint density at radius 1 is 1.29 bits per heavy atom. The highest BCUT2D eigenvalue weighted by Crippen LogP contribution is 2.40. The molecule has 6 nitrogen and oxygen atoms in total. The van der Waals surface area contributed by atoms with Crippen molar-refractivity contribution in [3.05, 3.63) is 28.4 Å². The average Bonchev–Trinajstić information content (AvgIpc) is 2.66. The summed E-state index contributed by atoms with van der Waals surface area (Å²) in [5.74, 6) is 0.909. The lowest BCUT2D eigenvalue weighted by Gasteiger charge is -2.50. The molecule has 2 aliphatic rings. The van der Waals surface area contributed by atoms with Crippen molar-refractivity contribution in [2.75, 3.05) is 13.1 Å². The number of aryl methyl sites for hydroxylation is 1. The zero-order valence-electron chi connectivity index (χ0n) is 17.6. The smallest absolute Gasteiger partial charge is 0.269 e. The summed E-state index contributed by atoms with van der Waals surface area (Å²) in [7, 11) is 0. The number of carbonyl (C=O) groups excluding carboxylic acids is 1. The fourth-order valence-electron chi connectivity index (χ4n) is 4.79. The average molecular weight is 390 g/mol. The highest BCUT2D eigenvalue weighted by atomic mass is 16.3. The van der Waals surface area contributed by atoms with Gasteiger partial charge in [-0.15, -0.1) is 0 Å². The zero-order chi connectivity index (χ0) is 20.4. The van der Waals surface area contributed by atoms with E-state index in [-0.39, 0.29) is 18.0 Å². The molecule has 1 N–H and O–H groups in total. The van der Waals surface area contributed by atoms with E-state index >= 15 is 0 Å². The second-order valence-corrected chi connectivity index (χ2v) is 9.52. The number of likely N-dealkylation sites (tertiary alicyclic amines) is 1. The van der Waals surface area contributed by atoms with Gasteiger partial charge in [-0.25, -0.2) is 0 Å². The maximum Gasteiger partial charge on any atom is 0.269 e. The predicted molar refractivity (Wildman–Crippen MR) is 109 cm³/mol. The molecule has 6 heteroatoms. The summed E-state index contributed by atoms with van der Waals surface area (Å²) >= 11 is 0. The first-order valence-corrected chi connectivity index (χ1v) is 10.7. The molecule has 1 aliphatic heterocycles. The predicted octanol–water partition coefficient (Wildman–Crippen LogP) is 2.90. The van der Waals surface area contributed by atoms with Crippen molar-refractivity contribution in [1.29, 1.82) is 0 Å². The Hall–Kier alpha value is -1.69. The molecular formula is C22H35N3O3. The summed E-state index contributed by atoms with van der Waals surface area (Å²) in [4.78, 5) is 30.8. The third-order valence-electron chi connectivity index (χ3n) is 6.92. The van der Waals surface area contributed by atoms with E-state index in [2.05, 4.69) is 4.98 Å². The maximum atomic E-state index is 12.8. The molecule has 28 heavy (non-hydrogen) atoms. The number of rotatable bonds is 5. The fourth-order valence-corrected chi connectivity index (χ4v) is 4.79. The van der Waals surface area contributed by atoms with Crippen LogP contribution in [0.3, 0.4) is 0 Å². The first-order chi connectivity index (χ1) is 13.2. The molecule has 1 atom stereocenters. The molecule has 2 fully saturated rings. The lowest BCUT2D eigenvalue weighted by atomic mass is 9.69. The van der Waals surface area contributed by atoms with Crippen molar-refractivity contribution < 1.29 is 9.90 Å². The van der Waals surface area contributed by atoms with Crippen LogP contribution < -0.4 is 5.56 Å². The molecule has 156 valence electrons. The van der Waals surface area contributed by atoms with Gasteiger partial charge in [-0.2, -0.15) is 0 Å². The number of nitrogens with zero attached hydrogens (tertiary/aromatic N) is 3. The minimum atomic E-state index is -1.04. The first-order valence-electron chi connectivity index (χ1n) is 10.7. The van der Waals surface area contributed by atoms with Crippen LogP contribution in [-0.2, 0) is 11.3 Å². The van der Waals surface area contributed by atoms with Gasteiger partial charge in [-0.1, -0.05) is 46.0 Å². The van der Waals surface area contributed by atoms with Crippen molar-refractivity contribution in [2.24, 2.45) is 11.3 Å². The van der Waals surface area contributed by atoms with Gasteiger partial charge >= 0.3 is 0 Å². The van der Waals surface area contributed by atoms with Crippen LogP contribution in [0, 0.1) is 18.3 Å². The topological polar surface area (TPSA) is 75.4 Å². The van der Waals surface area contributed by atoms with Crippen LogP contribution in [0.4, 0.5) is 0 Å². The minimum Gasteiger partial charge on any atom is -0.387 e. The number of piperidine rings is 1. The molecule has 1 saturated heterocycles. The molecule has 1 aromatic heterocycles. The van der Waals surface area contributed by atoms with Gasteiger partial charge in [0.1, 0.15) is 0 Å². The number of amides is 1. The Labute approximate surface area is 168 Å². The Morgan fingerprint density at radius 3 is 2.68 bits per heavy atom. The normalized spacial score (nSPS) is 25.6. The van der Waals surface area contributed by atoms with Gasteiger partial charge in [0.15, 0.2) is 0 Å². The fraction of sp³-hybridized carbons (Fsp3) is 0.773. The van der Waals surface area contributed by atoms with E-state index in [0.29, 0.717) is 31.8 Å². The zero-order valence-corrected chi connectivity index (χ0v) is 17.6. The quantitative estimate of drug-likeness (QED) is 0.840. The van der Waals surface area contributed by atoms with Crippen molar-refractivity contribution in [1.82, 2.24) is 14.5 Å². The first kappa shape index (κ1) is 21.0. The lowest BCUT2D eigenvalue weighted by Crippen LogP contribution is -2.60. The van der Waals surface area contributed by atoms with Crippen molar-refractivity contribution >= 4 is 5.91 Å². The SMILES string of the molecule is Cc1cn(CC2(O)CCN(C(=O)CCC3CCCCC3)CC2(C)C)c(=O)cn1. The summed E-state index contributed by atoms with van der Waals surface area (Å²) in [6, 6.07) is 0. The van der Waals surface area contributed by atoms with E-state index in [0.717, 1.165) is 12.1 Å². The van der Waals surface area contributed by atoms with Gasteiger partial charge in [-0.05, 0) is 25.7 Å². The lowest BCUT2D eigenvalue weighted by molar-refractivity contribution is -0.154. The Kier molecular flexibility index (Phi) is 6.28. The second-order valence-electron chi connectivity index (χ2n) is 9.52. The van der Waals surface area contributed by atoms with Crippen LogP contribution in [0.5, 0.6) is 0 Å². The van der Waals surface area contributed by atoms with Crippen LogP contribution in [-0.4, -0.2) is 44.2 Å². The third kappa shape index (κ3) is 4.65. The largest absolute Gasteiger partial charge is 0.387 e. The highest BCUT2D eigenvalue weighted by Gasteiger charge is 2.48.